The Balaban J connectivity index is 1.98. The van der Waals surface area contributed by atoms with E-state index in [1.54, 1.807) is 18.2 Å². The van der Waals surface area contributed by atoms with Crippen LogP contribution in [-0.4, -0.2) is 23.1 Å². The van der Waals surface area contributed by atoms with Crippen LogP contribution in [0.1, 0.15) is 38.2 Å². The lowest BCUT2D eigenvalue weighted by atomic mass is 9.77. The number of phenols is 1. The first kappa shape index (κ1) is 14.9. The third-order valence-corrected chi connectivity index (χ3v) is 4.37. The van der Waals surface area contributed by atoms with E-state index in [-0.39, 0.29) is 23.6 Å². The number of hydrogen-bond acceptors (Lipinski definition) is 3. The molecule has 1 amide bonds. The van der Waals surface area contributed by atoms with Crippen molar-refractivity contribution in [1.29, 1.82) is 0 Å². The van der Waals surface area contributed by atoms with Gasteiger partial charge in [0.05, 0.1) is 12.0 Å². The maximum atomic E-state index is 12.2. The van der Waals surface area contributed by atoms with E-state index in [1.165, 1.54) is 0 Å². The molecule has 1 saturated carbocycles. The standard InChI is InChI=1S/C16H24N2O2/c1-12-6-8-16(11-17,9-7-12)18-15(20)10-13-4-2-3-5-14(13)19/h2-5,12,19H,6-11,17H2,1H3,(H,18,20). The zero-order valence-corrected chi connectivity index (χ0v) is 12.1. The summed E-state index contributed by atoms with van der Waals surface area (Å²) in [5.74, 6) is 0.818. The molecule has 0 saturated heterocycles. The quantitative estimate of drug-likeness (QED) is 0.787. The average Bonchev–Trinajstić information content (AvgIpc) is 2.44. The second kappa shape index (κ2) is 6.27. The number of hydrogen-bond donors (Lipinski definition) is 3. The van der Waals surface area contributed by atoms with Gasteiger partial charge in [-0.05, 0) is 37.7 Å². The molecule has 0 spiro atoms. The van der Waals surface area contributed by atoms with Crippen molar-refractivity contribution >= 4 is 5.91 Å². The van der Waals surface area contributed by atoms with Gasteiger partial charge in [0.2, 0.25) is 5.91 Å². The molecule has 110 valence electrons. The lowest BCUT2D eigenvalue weighted by Gasteiger charge is -2.39. The smallest absolute Gasteiger partial charge is 0.225 e. The maximum Gasteiger partial charge on any atom is 0.225 e. The highest BCUT2D eigenvalue weighted by molar-refractivity contribution is 5.80. The molecule has 4 heteroatoms. The minimum atomic E-state index is -0.256. The molecule has 1 aromatic carbocycles. The zero-order valence-electron chi connectivity index (χ0n) is 12.1. The Morgan fingerprint density at radius 1 is 1.40 bits per heavy atom. The topological polar surface area (TPSA) is 75.3 Å². The average molecular weight is 276 g/mol. The Kier molecular flexibility index (Phi) is 4.65. The van der Waals surface area contributed by atoms with Gasteiger partial charge >= 0.3 is 0 Å². The summed E-state index contributed by atoms with van der Waals surface area (Å²) in [7, 11) is 0. The van der Waals surface area contributed by atoms with Gasteiger partial charge in [-0.25, -0.2) is 0 Å². The van der Waals surface area contributed by atoms with Gasteiger partial charge in [0, 0.05) is 12.1 Å². The molecule has 0 bridgehead atoms. The predicted octanol–water partition coefficient (Wildman–Crippen LogP) is 1.96. The van der Waals surface area contributed by atoms with E-state index in [4.69, 9.17) is 5.73 Å². The van der Waals surface area contributed by atoms with E-state index >= 15 is 0 Å². The Morgan fingerprint density at radius 3 is 2.65 bits per heavy atom. The van der Waals surface area contributed by atoms with Crippen LogP contribution in [0, 0.1) is 5.92 Å². The fourth-order valence-corrected chi connectivity index (χ4v) is 2.87. The summed E-state index contributed by atoms with van der Waals surface area (Å²) in [5, 5.41) is 12.8. The normalized spacial score (nSPS) is 26.2. The minimum Gasteiger partial charge on any atom is -0.508 e. The molecule has 1 aliphatic rings. The van der Waals surface area contributed by atoms with Gasteiger partial charge in [-0.15, -0.1) is 0 Å². The highest BCUT2D eigenvalue weighted by atomic mass is 16.3. The van der Waals surface area contributed by atoms with Gasteiger partial charge in [-0.3, -0.25) is 4.79 Å². The van der Waals surface area contributed by atoms with Crippen molar-refractivity contribution in [1.82, 2.24) is 5.32 Å². The monoisotopic (exact) mass is 276 g/mol. The number of carbonyl (C=O) groups is 1. The molecule has 0 radical (unpaired) electrons. The number of nitrogens with one attached hydrogen (secondary N) is 1. The first-order valence-corrected chi connectivity index (χ1v) is 7.32. The van der Waals surface area contributed by atoms with Crippen LogP contribution >= 0.6 is 0 Å². The van der Waals surface area contributed by atoms with Crippen LogP contribution in [0.4, 0.5) is 0 Å². The molecule has 0 unspecified atom stereocenters. The van der Waals surface area contributed by atoms with Gasteiger partial charge in [0.25, 0.3) is 0 Å². The minimum absolute atomic E-state index is 0.0634. The number of amides is 1. The maximum absolute atomic E-state index is 12.2. The Morgan fingerprint density at radius 2 is 2.05 bits per heavy atom. The highest BCUT2D eigenvalue weighted by Gasteiger charge is 2.34. The molecule has 4 N–H and O–H groups in total. The molecular weight excluding hydrogens is 252 g/mol. The Labute approximate surface area is 120 Å². The molecule has 1 fully saturated rings. The van der Waals surface area contributed by atoms with E-state index in [0.717, 1.165) is 25.7 Å². The fourth-order valence-electron chi connectivity index (χ4n) is 2.87. The van der Waals surface area contributed by atoms with E-state index in [0.29, 0.717) is 18.0 Å². The molecule has 0 atom stereocenters. The van der Waals surface area contributed by atoms with E-state index in [9.17, 15) is 9.90 Å². The summed E-state index contributed by atoms with van der Waals surface area (Å²) >= 11 is 0. The van der Waals surface area contributed by atoms with Gasteiger partial charge < -0.3 is 16.2 Å². The van der Waals surface area contributed by atoms with Crippen LogP contribution in [0.3, 0.4) is 0 Å². The number of aromatic hydroxyl groups is 1. The molecule has 4 nitrogen and oxygen atoms in total. The molecule has 20 heavy (non-hydrogen) atoms. The largest absolute Gasteiger partial charge is 0.508 e. The summed E-state index contributed by atoms with van der Waals surface area (Å²) in [6.45, 7) is 2.72. The Hall–Kier alpha value is -1.55. The van der Waals surface area contributed by atoms with Crippen LogP contribution in [0.25, 0.3) is 0 Å². The summed E-state index contributed by atoms with van der Waals surface area (Å²) < 4.78 is 0. The second-order valence-corrected chi connectivity index (χ2v) is 6.02. The molecule has 2 rings (SSSR count). The molecule has 1 aliphatic carbocycles. The fraction of sp³-hybridized carbons (Fsp3) is 0.562. The van der Waals surface area contributed by atoms with Crippen molar-refractivity contribution in [3.63, 3.8) is 0 Å². The van der Waals surface area contributed by atoms with Gasteiger partial charge in [-0.1, -0.05) is 25.1 Å². The zero-order chi connectivity index (χ0) is 14.6. The predicted molar refractivity (Wildman–Crippen MR) is 79.4 cm³/mol. The van der Waals surface area contributed by atoms with E-state index < -0.39 is 0 Å². The van der Waals surface area contributed by atoms with Crippen molar-refractivity contribution in [2.24, 2.45) is 11.7 Å². The third-order valence-electron chi connectivity index (χ3n) is 4.37. The summed E-state index contributed by atoms with van der Waals surface area (Å²) in [5.41, 5.74) is 6.29. The molecule has 0 aliphatic heterocycles. The van der Waals surface area contributed by atoms with Crippen molar-refractivity contribution in [2.45, 2.75) is 44.6 Å². The van der Waals surface area contributed by atoms with E-state index in [2.05, 4.69) is 12.2 Å². The van der Waals surface area contributed by atoms with Crippen molar-refractivity contribution in [2.75, 3.05) is 6.54 Å². The lowest BCUT2D eigenvalue weighted by molar-refractivity contribution is -0.122. The van der Waals surface area contributed by atoms with Gasteiger partial charge in [0.15, 0.2) is 0 Å². The van der Waals surface area contributed by atoms with Crippen molar-refractivity contribution in [3.8, 4) is 5.75 Å². The second-order valence-electron chi connectivity index (χ2n) is 6.02. The number of para-hydroxylation sites is 1. The molecule has 0 aromatic heterocycles. The highest BCUT2D eigenvalue weighted by Crippen LogP contribution is 2.31. The summed E-state index contributed by atoms with van der Waals surface area (Å²) in [6, 6.07) is 6.94. The van der Waals surface area contributed by atoms with Gasteiger partial charge in [0.1, 0.15) is 5.75 Å². The summed E-state index contributed by atoms with van der Waals surface area (Å²) in [4.78, 5) is 12.2. The number of carbonyl (C=O) groups excluding carboxylic acids is 1. The number of nitrogens with two attached hydrogens (primary N) is 1. The first-order valence-electron chi connectivity index (χ1n) is 7.32. The van der Waals surface area contributed by atoms with Crippen LogP contribution in [-0.2, 0) is 11.2 Å². The lowest BCUT2D eigenvalue weighted by Crippen LogP contribution is -2.55. The van der Waals surface area contributed by atoms with Crippen molar-refractivity contribution < 1.29 is 9.90 Å². The molecule has 1 aromatic rings. The van der Waals surface area contributed by atoms with Crippen LogP contribution in [0.2, 0.25) is 0 Å². The van der Waals surface area contributed by atoms with Gasteiger partial charge in [-0.2, -0.15) is 0 Å². The molecule has 0 heterocycles. The van der Waals surface area contributed by atoms with Crippen LogP contribution in [0.15, 0.2) is 24.3 Å². The molecular formula is C16H24N2O2. The number of phenolic OH excluding ortho intramolecular Hbond substituents is 1. The number of rotatable bonds is 4. The van der Waals surface area contributed by atoms with Crippen LogP contribution in [0.5, 0.6) is 5.75 Å². The number of benzene rings is 1. The SMILES string of the molecule is CC1CCC(CN)(NC(=O)Cc2ccccc2O)CC1. The summed E-state index contributed by atoms with van der Waals surface area (Å²) in [6.07, 6.45) is 4.29. The first-order chi connectivity index (χ1) is 9.54. The van der Waals surface area contributed by atoms with E-state index in [1.807, 2.05) is 6.07 Å². The third kappa shape index (κ3) is 3.51. The van der Waals surface area contributed by atoms with Crippen LogP contribution < -0.4 is 11.1 Å². The Bertz CT molecular complexity index is 465. The van der Waals surface area contributed by atoms with Crippen molar-refractivity contribution in [3.05, 3.63) is 29.8 Å².